The summed E-state index contributed by atoms with van der Waals surface area (Å²) in [6, 6.07) is 9.79. The number of hydrogen-bond donors (Lipinski definition) is 1. The highest BCUT2D eigenvalue weighted by molar-refractivity contribution is 6.32. The van der Waals surface area contributed by atoms with Crippen LogP contribution >= 0.6 is 11.6 Å². The Kier molecular flexibility index (Phi) is 3.03. The van der Waals surface area contributed by atoms with Crippen LogP contribution < -0.4 is 5.73 Å². The van der Waals surface area contributed by atoms with Gasteiger partial charge >= 0.3 is 0 Å². The van der Waals surface area contributed by atoms with Crippen molar-refractivity contribution >= 4 is 17.3 Å². The van der Waals surface area contributed by atoms with Gasteiger partial charge in [0.1, 0.15) is 22.7 Å². The Hall–Kier alpha value is -1.99. The fourth-order valence-electron chi connectivity index (χ4n) is 1.59. The van der Waals surface area contributed by atoms with Crippen LogP contribution in [0.2, 0.25) is 5.15 Å². The molecule has 3 nitrogen and oxygen atoms in total. The van der Waals surface area contributed by atoms with Crippen LogP contribution in [-0.4, -0.2) is 4.57 Å². The molecule has 0 saturated heterocycles. The minimum Gasteiger partial charge on any atom is -0.396 e. The molecule has 0 saturated carbocycles. The fourth-order valence-corrected chi connectivity index (χ4v) is 1.80. The predicted molar refractivity (Wildman–Crippen MR) is 64.1 cm³/mol. The summed E-state index contributed by atoms with van der Waals surface area (Å²) in [5, 5.41) is 9.18. The molecular formula is C12H9ClFN3. The van der Waals surface area contributed by atoms with Gasteiger partial charge in [0.05, 0.1) is 12.2 Å². The summed E-state index contributed by atoms with van der Waals surface area (Å²) in [6.45, 7) is 0.186. The van der Waals surface area contributed by atoms with Crippen molar-refractivity contribution in [2.45, 2.75) is 6.54 Å². The van der Waals surface area contributed by atoms with Gasteiger partial charge in [-0.2, -0.15) is 5.26 Å². The summed E-state index contributed by atoms with van der Waals surface area (Å²) in [4.78, 5) is 0. The standard InChI is InChI=1S/C12H9ClFN3/c13-12-11(16)5-9(6-15)17(12)7-8-3-1-2-4-10(8)14/h1-5H,7,16H2. The summed E-state index contributed by atoms with van der Waals surface area (Å²) in [5.41, 5.74) is 6.71. The van der Waals surface area contributed by atoms with E-state index in [0.29, 0.717) is 16.9 Å². The van der Waals surface area contributed by atoms with E-state index in [1.165, 1.54) is 16.7 Å². The first-order valence-electron chi connectivity index (χ1n) is 4.91. The molecule has 0 aliphatic rings. The number of nitriles is 1. The van der Waals surface area contributed by atoms with Crippen molar-refractivity contribution in [1.82, 2.24) is 4.57 Å². The Morgan fingerprint density at radius 2 is 2.12 bits per heavy atom. The monoisotopic (exact) mass is 249 g/mol. The molecule has 0 radical (unpaired) electrons. The van der Waals surface area contributed by atoms with E-state index >= 15 is 0 Å². The molecule has 5 heteroatoms. The van der Waals surface area contributed by atoms with Crippen molar-refractivity contribution < 1.29 is 4.39 Å². The molecule has 2 rings (SSSR count). The van der Waals surface area contributed by atoms with Gasteiger partial charge in [-0.25, -0.2) is 4.39 Å². The van der Waals surface area contributed by atoms with Crippen molar-refractivity contribution in [1.29, 1.82) is 5.26 Å². The van der Waals surface area contributed by atoms with Crippen molar-refractivity contribution in [3.8, 4) is 6.07 Å². The summed E-state index contributed by atoms with van der Waals surface area (Å²) in [5.74, 6) is -0.334. The van der Waals surface area contributed by atoms with Crippen LogP contribution in [0.1, 0.15) is 11.3 Å². The van der Waals surface area contributed by atoms with E-state index in [2.05, 4.69) is 0 Å². The van der Waals surface area contributed by atoms with Crippen LogP contribution in [0.5, 0.6) is 0 Å². The molecule has 0 amide bonds. The zero-order valence-corrected chi connectivity index (χ0v) is 9.58. The van der Waals surface area contributed by atoms with Crippen LogP contribution in [0.3, 0.4) is 0 Å². The van der Waals surface area contributed by atoms with Crippen LogP contribution in [0.4, 0.5) is 10.1 Å². The zero-order valence-electron chi connectivity index (χ0n) is 8.82. The number of hydrogen-bond acceptors (Lipinski definition) is 2. The van der Waals surface area contributed by atoms with Crippen LogP contribution in [0, 0.1) is 17.1 Å². The SMILES string of the molecule is N#Cc1cc(N)c(Cl)n1Cc1ccccc1F. The number of aromatic nitrogens is 1. The minimum absolute atomic E-state index is 0.186. The van der Waals surface area contributed by atoms with Gasteiger partial charge in [-0.15, -0.1) is 0 Å². The summed E-state index contributed by atoms with van der Waals surface area (Å²) >= 11 is 5.96. The molecule has 0 aliphatic heterocycles. The van der Waals surface area contributed by atoms with Crippen molar-refractivity contribution in [3.63, 3.8) is 0 Å². The second-order valence-corrected chi connectivity index (χ2v) is 3.92. The van der Waals surface area contributed by atoms with Gasteiger partial charge in [-0.3, -0.25) is 0 Å². The van der Waals surface area contributed by atoms with Crippen LogP contribution in [0.25, 0.3) is 0 Å². The maximum absolute atomic E-state index is 13.5. The van der Waals surface area contributed by atoms with Gasteiger partial charge in [0, 0.05) is 5.56 Å². The maximum Gasteiger partial charge on any atom is 0.133 e. The second kappa shape index (κ2) is 4.48. The third-order valence-electron chi connectivity index (χ3n) is 2.46. The lowest BCUT2D eigenvalue weighted by Gasteiger charge is -2.07. The van der Waals surface area contributed by atoms with E-state index in [-0.39, 0.29) is 17.5 Å². The Bertz CT molecular complexity index is 598. The van der Waals surface area contributed by atoms with E-state index in [1.807, 2.05) is 6.07 Å². The second-order valence-electron chi connectivity index (χ2n) is 3.57. The molecule has 0 aliphatic carbocycles. The van der Waals surface area contributed by atoms with E-state index in [0.717, 1.165) is 0 Å². The number of rotatable bonds is 2. The third-order valence-corrected chi connectivity index (χ3v) is 2.88. The first-order valence-corrected chi connectivity index (χ1v) is 5.29. The molecule has 17 heavy (non-hydrogen) atoms. The summed E-state index contributed by atoms with van der Waals surface area (Å²) in [6.07, 6.45) is 0. The molecule has 1 heterocycles. The van der Waals surface area contributed by atoms with Gasteiger partial charge in [-0.1, -0.05) is 29.8 Å². The largest absolute Gasteiger partial charge is 0.396 e. The Morgan fingerprint density at radius 3 is 2.76 bits per heavy atom. The molecule has 2 N–H and O–H groups in total. The third kappa shape index (κ3) is 2.10. The van der Waals surface area contributed by atoms with Crippen molar-refractivity contribution in [2.75, 3.05) is 5.73 Å². The minimum atomic E-state index is -0.334. The topological polar surface area (TPSA) is 54.7 Å². The van der Waals surface area contributed by atoms with E-state index in [4.69, 9.17) is 22.6 Å². The molecule has 0 unspecified atom stereocenters. The normalized spacial score (nSPS) is 10.2. The van der Waals surface area contributed by atoms with Gasteiger partial charge in [0.25, 0.3) is 0 Å². The lowest BCUT2D eigenvalue weighted by Crippen LogP contribution is -2.04. The Morgan fingerprint density at radius 1 is 1.41 bits per heavy atom. The summed E-state index contributed by atoms with van der Waals surface area (Å²) < 4.78 is 15.0. The highest BCUT2D eigenvalue weighted by atomic mass is 35.5. The average Bonchev–Trinajstić information content (AvgIpc) is 2.59. The lowest BCUT2D eigenvalue weighted by molar-refractivity contribution is 0.599. The predicted octanol–water partition coefficient (Wildman–Crippen LogP) is 2.78. The van der Waals surface area contributed by atoms with Gasteiger partial charge in [-0.05, 0) is 12.1 Å². The van der Waals surface area contributed by atoms with E-state index < -0.39 is 0 Å². The molecule has 0 spiro atoms. The molecular weight excluding hydrogens is 241 g/mol. The first kappa shape index (κ1) is 11.5. The van der Waals surface area contributed by atoms with Gasteiger partial charge < -0.3 is 10.3 Å². The number of anilines is 1. The van der Waals surface area contributed by atoms with Crippen molar-refractivity contribution in [2.24, 2.45) is 0 Å². The van der Waals surface area contributed by atoms with Crippen LogP contribution in [0.15, 0.2) is 30.3 Å². The van der Waals surface area contributed by atoms with E-state index in [9.17, 15) is 4.39 Å². The first-order chi connectivity index (χ1) is 8.13. The smallest absolute Gasteiger partial charge is 0.133 e. The van der Waals surface area contributed by atoms with Crippen LogP contribution in [-0.2, 0) is 6.54 Å². The quantitative estimate of drug-likeness (QED) is 0.890. The molecule has 2 aromatic rings. The fraction of sp³-hybridized carbons (Fsp3) is 0.0833. The number of nitrogen functional groups attached to an aromatic ring is 1. The highest BCUT2D eigenvalue weighted by Gasteiger charge is 2.12. The maximum atomic E-state index is 13.5. The molecule has 1 aromatic heterocycles. The zero-order chi connectivity index (χ0) is 12.4. The average molecular weight is 250 g/mol. The molecule has 1 aromatic carbocycles. The molecule has 86 valence electrons. The number of benzene rings is 1. The molecule has 0 fully saturated rings. The molecule has 0 bridgehead atoms. The van der Waals surface area contributed by atoms with Gasteiger partial charge in [0.2, 0.25) is 0 Å². The van der Waals surface area contributed by atoms with Crippen molar-refractivity contribution in [3.05, 3.63) is 52.6 Å². The number of nitrogens with two attached hydrogens (primary N) is 1. The Labute approximate surface area is 103 Å². The number of nitrogens with zero attached hydrogens (tertiary/aromatic N) is 2. The Balaban J connectivity index is 2.44. The highest BCUT2D eigenvalue weighted by Crippen LogP contribution is 2.25. The lowest BCUT2D eigenvalue weighted by atomic mass is 10.2. The summed E-state index contributed by atoms with van der Waals surface area (Å²) in [7, 11) is 0. The van der Waals surface area contributed by atoms with Gasteiger partial charge in [0.15, 0.2) is 0 Å². The molecule has 0 atom stereocenters. The number of halogens is 2. The van der Waals surface area contributed by atoms with E-state index in [1.54, 1.807) is 18.2 Å².